The molecule has 1 N–H and O–H groups in total. The number of carbonyl (C=O) groups excluding carboxylic acids is 2. The number of phenolic OH excluding ortho intramolecular Hbond substituents is 1. The van der Waals surface area contributed by atoms with Gasteiger partial charge in [-0.2, -0.15) is 0 Å². The number of aromatic hydroxyl groups is 1. The van der Waals surface area contributed by atoms with Crippen molar-refractivity contribution in [2.75, 3.05) is 0 Å². The number of ether oxygens (including phenoxy) is 4. The minimum atomic E-state index is -2.01. The molecule has 0 saturated carbocycles. The van der Waals surface area contributed by atoms with Crippen molar-refractivity contribution in [3.05, 3.63) is 146 Å². The Morgan fingerprint density at radius 1 is 1.00 bits per heavy atom. The Labute approximate surface area is 307 Å². The van der Waals surface area contributed by atoms with E-state index in [0.717, 1.165) is 16.7 Å². The molecular weight excluding hydrogens is 694 g/mol. The molecule has 0 amide bonds. The van der Waals surface area contributed by atoms with E-state index >= 15 is 0 Å². The summed E-state index contributed by atoms with van der Waals surface area (Å²) in [5, 5.41) is 22.6. The molecule has 6 aromatic rings. The number of phenols is 1. The normalized spacial score (nSPS) is 16.1. The lowest BCUT2D eigenvalue weighted by atomic mass is 9.85. The van der Waals surface area contributed by atoms with Crippen molar-refractivity contribution in [2.45, 2.75) is 45.1 Å². The fourth-order valence-electron chi connectivity index (χ4n) is 7.00. The number of rotatable bonds is 8. The smallest absolute Gasteiger partial charge is 0.508 e. The van der Waals surface area contributed by atoms with Gasteiger partial charge < -0.3 is 28.6 Å². The molecule has 0 saturated heterocycles. The molecule has 0 fully saturated rings. The maximum absolute atomic E-state index is 13.9. The first-order chi connectivity index (χ1) is 26.0. The predicted molar refractivity (Wildman–Crippen MR) is 195 cm³/mol. The van der Waals surface area contributed by atoms with E-state index < -0.39 is 34.3 Å². The molecule has 4 heterocycles. The second-order valence-corrected chi connectivity index (χ2v) is 13.0. The molecule has 2 aromatic heterocycles. The molecule has 270 valence electrons. The van der Waals surface area contributed by atoms with Crippen molar-refractivity contribution in [1.29, 1.82) is 0 Å². The van der Waals surface area contributed by atoms with Crippen LogP contribution in [0.5, 0.6) is 17.2 Å². The summed E-state index contributed by atoms with van der Waals surface area (Å²) in [6.45, 7) is 3.06. The van der Waals surface area contributed by atoms with Crippen molar-refractivity contribution < 1.29 is 38.6 Å². The molecule has 2 unspecified atom stereocenters. The number of hydrogen-bond acceptors (Lipinski definition) is 11. The highest BCUT2D eigenvalue weighted by Gasteiger charge is 2.51. The van der Waals surface area contributed by atoms with E-state index in [4.69, 9.17) is 23.9 Å². The second-order valence-electron chi connectivity index (χ2n) is 13.0. The molecule has 54 heavy (non-hydrogen) atoms. The van der Waals surface area contributed by atoms with Crippen LogP contribution in [-0.4, -0.2) is 31.7 Å². The fraction of sp³-hybridized carbons (Fsp3) is 0.171. The summed E-state index contributed by atoms with van der Waals surface area (Å²) < 4.78 is 24.3. The minimum absolute atomic E-state index is 0.0728. The van der Waals surface area contributed by atoms with E-state index in [-0.39, 0.29) is 47.9 Å². The fourth-order valence-corrected chi connectivity index (χ4v) is 7.00. The van der Waals surface area contributed by atoms with Gasteiger partial charge in [0.25, 0.3) is 5.56 Å². The molecule has 0 bridgehead atoms. The number of aromatic nitrogens is 2. The average Bonchev–Trinajstić information content (AvgIpc) is 3.53. The summed E-state index contributed by atoms with van der Waals surface area (Å²) in [5.41, 5.74) is 2.19. The van der Waals surface area contributed by atoms with Gasteiger partial charge in [-0.05, 0) is 84.6 Å². The zero-order valence-electron chi connectivity index (χ0n) is 29.0. The lowest BCUT2D eigenvalue weighted by Crippen LogP contribution is -2.47. The lowest BCUT2D eigenvalue weighted by molar-refractivity contribution is -0.385. The summed E-state index contributed by atoms with van der Waals surface area (Å²) in [6, 6.07) is 29.1. The molecule has 2 aliphatic heterocycles. The molecule has 0 radical (unpaired) electrons. The standard InChI is InChI=1S/C41H31N3O10/c1-3-41(32-20-35-37-28(17-27-18-29(45)12-15-33(27)42-37)21-43(35)38(46)31(32)22-51-39(41)47)54-40(48)52-23(2)26-11-16-34(44(49)50)36(19-26)53-30-13-9-25(10-14-30)24-7-5-4-6-8-24/h4-20,23,45H,3,21-22H2,1-2H3. The number of nitro benzene ring substituents is 1. The Hall–Kier alpha value is -7.02. The van der Waals surface area contributed by atoms with Crippen molar-refractivity contribution in [3.63, 3.8) is 0 Å². The number of carbonyl (C=O) groups is 2. The van der Waals surface area contributed by atoms with Crippen molar-refractivity contribution in [3.8, 4) is 39.8 Å². The Kier molecular flexibility index (Phi) is 8.33. The largest absolute Gasteiger partial charge is 0.510 e. The van der Waals surface area contributed by atoms with Crippen molar-refractivity contribution >= 4 is 28.7 Å². The third-order valence-electron chi connectivity index (χ3n) is 9.83. The zero-order valence-corrected chi connectivity index (χ0v) is 29.0. The van der Waals surface area contributed by atoms with Gasteiger partial charge in [0, 0.05) is 22.6 Å². The zero-order chi connectivity index (χ0) is 37.7. The average molecular weight is 726 g/mol. The Morgan fingerprint density at radius 3 is 2.50 bits per heavy atom. The van der Waals surface area contributed by atoms with Gasteiger partial charge in [-0.3, -0.25) is 14.9 Å². The molecule has 2 atom stereocenters. The maximum Gasteiger partial charge on any atom is 0.510 e. The summed E-state index contributed by atoms with van der Waals surface area (Å²) in [5.74, 6) is -0.497. The van der Waals surface area contributed by atoms with Crippen molar-refractivity contribution in [1.82, 2.24) is 9.55 Å². The van der Waals surface area contributed by atoms with E-state index in [9.17, 15) is 29.6 Å². The second kappa shape index (κ2) is 13.2. The number of esters is 1. The van der Waals surface area contributed by atoms with Crippen LogP contribution in [0.1, 0.15) is 48.6 Å². The van der Waals surface area contributed by atoms with Crippen LogP contribution in [-0.2, 0) is 37.8 Å². The quantitative estimate of drug-likeness (QED) is 0.0913. The topological polar surface area (TPSA) is 169 Å². The van der Waals surface area contributed by atoms with E-state index in [1.165, 1.54) is 28.8 Å². The van der Waals surface area contributed by atoms with Crippen LogP contribution in [0.4, 0.5) is 10.5 Å². The Bertz CT molecular complexity index is 2570. The lowest BCUT2D eigenvalue weighted by Gasteiger charge is -2.35. The van der Waals surface area contributed by atoms with Crippen LogP contribution in [0.3, 0.4) is 0 Å². The van der Waals surface area contributed by atoms with Crippen LogP contribution in [0.2, 0.25) is 0 Å². The highest BCUT2D eigenvalue weighted by atomic mass is 16.7. The van der Waals surface area contributed by atoms with Crippen LogP contribution in [0.25, 0.3) is 33.4 Å². The van der Waals surface area contributed by atoms with Gasteiger partial charge in [0.05, 0.1) is 33.9 Å². The number of nitrogens with zero attached hydrogens (tertiary/aromatic N) is 3. The van der Waals surface area contributed by atoms with Crippen LogP contribution in [0, 0.1) is 10.1 Å². The molecule has 13 heteroatoms. The molecule has 2 aliphatic rings. The SMILES string of the molecule is CCC1(OC(=O)OC(C)c2ccc([N+](=O)[O-])c(Oc3ccc(-c4ccccc4)cc3)c2)C(=O)OCc2c1cc1n(c2=O)Cc2cc3cc(O)ccc3nc2-1. The van der Waals surface area contributed by atoms with Crippen LogP contribution in [0.15, 0.2) is 108 Å². The van der Waals surface area contributed by atoms with E-state index in [1.807, 2.05) is 48.5 Å². The Balaban J connectivity index is 1.06. The Morgan fingerprint density at radius 2 is 1.76 bits per heavy atom. The van der Waals surface area contributed by atoms with Gasteiger partial charge in [-0.1, -0.05) is 49.4 Å². The van der Waals surface area contributed by atoms with Gasteiger partial charge in [0.2, 0.25) is 11.4 Å². The first-order valence-corrected chi connectivity index (χ1v) is 17.1. The van der Waals surface area contributed by atoms with Gasteiger partial charge in [0.1, 0.15) is 24.2 Å². The number of nitro groups is 1. The highest BCUT2D eigenvalue weighted by molar-refractivity contribution is 5.88. The van der Waals surface area contributed by atoms with Gasteiger partial charge in [0.15, 0.2) is 0 Å². The number of hydrogen-bond donors (Lipinski definition) is 1. The molecule has 0 aliphatic carbocycles. The summed E-state index contributed by atoms with van der Waals surface area (Å²) in [6.07, 6.45) is -2.32. The third-order valence-corrected chi connectivity index (χ3v) is 9.83. The third kappa shape index (κ3) is 5.85. The molecule has 0 spiro atoms. The monoisotopic (exact) mass is 725 g/mol. The minimum Gasteiger partial charge on any atom is -0.508 e. The van der Waals surface area contributed by atoms with E-state index in [2.05, 4.69) is 0 Å². The number of benzene rings is 4. The molecule has 13 nitrogen and oxygen atoms in total. The summed E-state index contributed by atoms with van der Waals surface area (Å²) in [7, 11) is 0. The highest BCUT2D eigenvalue weighted by Crippen LogP contribution is 2.42. The first kappa shape index (κ1) is 34.1. The molecule has 8 rings (SSSR count). The molecular formula is C41H31N3O10. The van der Waals surface area contributed by atoms with Crippen LogP contribution < -0.4 is 10.3 Å². The maximum atomic E-state index is 13.9. The van der Waals surface area contributed by atoms with E-state index in [1.54, 1.807) is 44.2 Å². The number of pyridine rings is 2. The predicted octanol–water partition coefficient (Wildman–Crippen LogP) is 8.07. The van der Waals surface area contributed by atoms with Gasteiger partial charge >= 0.3 is 17.8 Å². The molecule has 4 aromatic carbocycles. The van der Waals surface area contributed by atoms with Gasteiger partial charge in [-0.25, -0.2) is 14.6 Å². The summed E-state index contributed by atoms with van der Waals surface area (Å²) >= 11 is 0. The van der Waals surface area contributed by atoms with Gasteiger partial charge in [-0.15, -0.1) is 0 Å². The summed E-state index contributed by atoms with van der Waals surface area (Å²) in [4.78, 5) is 57.0. The first-order valence-electron chi connectivity index (χ1n) is 17.1. The van der Waals surface area contributed by atoms with Crippen LogP contribution >= 0.6 is 0 Å². The van der Waals surface area contributed by atoms with Crippen molar-refractivity contribution in [2.24, 2.45) is 0 Å². The number of fused-ring (bicyclic) bond motifs is 5. The number of cyclic esters (lactones) is 1. The van der Waals surface area contributed by atoms with E-state index in [0.29, 0.717) is 33.6 Å².